The Morgan fingerprint density at radius 2 is 1.91 bits per heavy atom. The second-order valence-electron chi connectivity index (χ2n) is 5.35. The van der Waals surface area contributed by atoms with E-state index in [-0.39, 0.29) is 10.8 Å². The molecule has 0 radical (unpaired) electrons. The zero-order chi connectivity index (χ0) is 16.2. The van der Waals surface area contributed by atoms with Crippen LogP contribution in [-0.4, -0.2) is 49.7 Å². The summed E-state index contributed by atoms with van der Waals surface area (Å²) in [5, 5.41) is 0.398. The third kappa shape index (κ3) is 4.00. The van der Waals surface area contributed by atoms with Crippen molar-refractivity contribution in [2.45, 2.75) is 31.1 Å². The molecule has 1 fully saturated rings. The van der Waals surface area contributed by atoms with E-state index in [0.717, 1.165) is 12.8 Å². The topological polar surface area (TPSA) is 57.7 Å². The molecule has 1 aromatic rings. The first-order chi connectivity index (χ1) is 10.4. The fourth-order valence-electron chi connectivity index (χ4n) is 2.44. The van der Waals surface area contributed by atoms with Gasteiger partial charge in [-0.25, -0.2) is 8.42 Å². The van der Waals surface area contributed by atoms with Gasteiger partial charge in [-0.2, -0.15) is 4.31 Å². The second-order valence-corrected chi connectivity index (χ2v) is 7.72. The first-order valence-corrected chi connectivity index (χ1v) is 9.30. The molecule has 22 heavy (non-hydrogen) atoms. The Morgan fingerprint density at radius 3 is 2.50 bits per heavy atom. The van der Waals surface area contributed by atoms with E-state index in [1.165, 1.54) is 10.4 Å². The summed E-state index contributed by atoms with van der Waals surface area (Å²) in [6.45, 7) is 3.59. The average Bonchev–Trinajstić information content (AvgIpc) is 2.52. The van der Waals surface area contributed by atoms with E-state index < -0.39 is 10.0 Å². The van der Waals surface area contributed by atoms with Crippen LogP contribution in [0.4, 0.5) is 0 Å². The molecule has 0 saturated carbocycles. The Kier molecular flexibility index (Phi) is 5.83. The smallest absolute Gasteiger partial charge is 0.243 e. The molecule has 1 aromatic carbocycles. The van der Waals surface area contributed by atoms with Crippen LogP contribution in [0.15, 0.2) is 29.2 Å². The minimum absolute atomic E-state index is 0.113. The third-order valence-electron chi connectivity index (χ3n) is 3.77. The number of hydrogen-bond donors (Lipinski definition) is 0. The number of sulfonamides is 1. The van der Waals surface area contributed by atoms with Crippen molar-refractivity contribution in [1.29, 1.82) is 0 Å². The van der Waals surface area contributed by atoms with E-state index >= 15 is 0 Å². The summed E-state index contributed by atoms with van der Waals surface area (Å²) >= 11 is 5.87. The molecule has 1 heterocycles. The van der Waals surface area contributed by atoms with Crippen LogP contribution in [-0.2, 0) is 14.8 Å². The van der Waals surface area contributed by atoms with Gasteiger partial charge in [-0.3, -0.25) is 4.79 Å². The number of piperazine rings is 1. The number of carbonyl (C=O) groups excluding carboxylic acids is 1. The van der Waals surface area contributed by atoms with Crippen molar-refractivity contribution in [1.82, 2.24) is 9.21 Å². The number of amides is 1. The van der Waals surface area contributed by atoms with E-state index in [9.17, 15) is 13.2 Å². The molecule has 5 nitrogen and oxygen atoms in total. The van der Waals surface area contributed by atoms with Crippen molar-refractivity contribution in [2.24, 2.45) is 0 Å². The predicted octanol–water partition coefficient (Wildman–Crippen LogP) is 2.36. The van der Waals surface area contributed by atoms with E-state index in [2.05, 4.69) is 0 Å². The Bertz CT molecular complexity index is 625. The molecule has 1 amide bonds. The minimum atomic E-state index is -3.54. The van der Waals surface area contributed by atoms with Gasteiger partial charge in [0.25, 0.3) is 0 Å². The predicted molar refractivity (Wildman–Crippen MR) is 86.3 cm³/mol. The van der Waals surface area contributed by atoms with Crippen LogP contribution in [0.3, 0.4) is 0 Å². The van der Waals surface area contributed by atoms with Gasteiger partial charge in [0.1, 0.15) is 0 Å². The fraction of sp³-hybridized carbons (Fsp3) is 0.533. The van der Waals surface area contributed by atoms with Crippen LogP contribution in [0, 0.1) is 0 Å². The van der Waals surface area contributed by atoms with Crippen LogP contribution in [0.2, 0.25) is 5.02 Å². The van der Waals surface area contributed by atoms with E-state index in [4.69, 9.17) is 11.6 Å². The zero-order valence-electron chi connectivity index (χ0n) is 12.7. The first-order valence-electron chi connectivity index (χ1n) is 7.48. The van der Waals surface area contributed by atoms with Gasteiger partial charge in [0.05, 0.1) is 4.90 Å². The van der Waals surface area contributed by atoms with Gasteiger partial charge < -0.3 is 4.90 Å². The van der Waals surface area contributed by atoms with Crippen molar-refractivity contribution < 1.29 is 13.2 Å². The van der Waals surface area contributed by atoms with Crippen molar-refractivity contribution in [2.75, 3.05) is 26.2 Å². The molecule has 2 rings (SSSR count). The number of carbonyl (C=O) groups is 1. The van der Waals surface area contributed by atoms with Crippen molar-refractivity contribution >= 4 is 27.5 Å². The summed E-state index contributed by atoms with van der Waals surface area (Å²) in [5.74, 6) is 0.113. The number of nitrogens with zero attached hydrogens (tertiary/aromatic N) is 2. The summed E-state index contributed by atoms with van der Waals surface area (Å²) in [4.78, 5) is 13.9. The summed E-state index contributed by atoms with van der Waals surface area (Å²) in [7, 11) is -3.54. The van der Waals surface area contributed by atoms with Gasteiger partial charge in [0.2, 0.25) is 15.9 Å². The monoisotopic (exact) mass is 344 g/mol. The quantitative estimate of drug-likeness (QED) is 0.824. The molecule has 1 aliphatic heterocycles. The van der Waals surface area contributed by atoms with E-state index in [1.54, 1.807) is 23.1 Å². The second kappa shape index (κ2) is 7.44. The lowest BCUT2D eigenvalue weighted by molar-refractivity contribution is -0.132. The van der Waals surface area contributed by atoms with Crippen LogP contribution in [0.1, 0.15) is 26.2 Å². The largest absolute Gasteiger partial charge is 0.340 e. The molecular formula is C15H21ClN2O3S. The molecule has 0 aromatic heterocycles. The van der Waals surface area contributed by atoms with Gasteiger partial charge in [0, 0.05) is 37.6 Å². The average molecular weight is 345 g/mol. The molecule has 0 bridgehead atoms. The van der Waals surface area contributed by atoms with Crippen LogP contribution < -0.4 is 0 Å². The Balaban J connectivity index is 2.00. The minimum Gasteiger partial charge on any atom is -0.340 e. The maximum atomic E-state index is 12.6. The Morgan fingerprint density at radius 1 is 1.23 bits per heavy atom. The third-order valence-corrected chi connectivity index (χ3v) is 5.90. The molecule has 1 aliphatic rings. The lowest BCUT2D eigenvalue weighted by Crippen LogP contribution is -2.50. The highest BCUT2D eigenvalue weighted by Gasteiger charge is 2.29. The summed E-state index contributed by atoms with van der Waals surface area (Å²) < 4.78 is 26.5. The van der Waals surface area contributed by atoms with Crippen LogP contribution >= 0.6 is 11.6 Å². The molecule has 7 heteroatoms. The van der Waals surface area contributed by atoms with Gasteiger partial charge >= 0.3 is 0 Å². The molecule has 0 unspecified atom stereocenters. The first kappa shape index (κ1) is 17.2. The Hall–Kier alpha value is -1.11. The lowest BCUT2D eigenvalue weighted by atomic mass is 10.2. The number of unbranched alkanes of at least 4 members (excludes halogenated alkanes) is 1. The maximum Gasteiger partial charge on any atom is 0.243 e. The molecular weight excluding hydrogens is 324 g/mol. The molecule has 122 valence electrons. The van der Waals surface area contributed by atoms with E-state index in [0.29, 0.717) is 37.6 Å². The van der Waals surface area contributed by atoms with Crippen molar-refractivity contribution in [3.8, 4) is 0 Å². The molecule has 0 aliphatic carbocycles. The SMILES string of the molecule is CCCCC(=O)N1CCN(S(=O)(=O)c2cccc(Cl)c2)CC1. The Labute approximate surface area is 136 Å². The highest BCUT2D eigenvalue weighted by atomic mass is 35.5. The highest BCUT2D eigenvalue weighted by Crippen LogP contribution is 2.21. The summed E-state index contributed by atoms with van der Waals surface area (Å²) in [6, 6.07) is 6.26. The van der Waals surface area contributed by atoms with Crippen molar-refractivity contribution in [3.05, 3.63) is 29.3 Å². The van der Waals surface area contributed by atoms with Crippen LogP contribution in [0.25, 0.3) is 0 Å². The molecule has 0 spiro atoms. The lowest BCUT2D eigenvalue weighted by Gasteiger charge is -2.34. The highest BCUT2D eigenvalue weighted by molar-refractivity contribution is 7.89. The van der Waals surface area contributed by atoms with Gasteiger partial charge in [-0.1, -0.05) is 31.0 Å². The maximum absolute atomic E-state index is 12.6. The normalized spacial score (nSPS) is 16.7. The molecule has 0 atom stereocenters. The number of rotatable bonds is 5. The number of benzene rings is 1. The van der Waals surface area contributed by atoms with Crippen molar-refractivity contribution in [3.63, 3.8) is 0 Å². The number of halogens is 1. The molecule has 1 saturated heterocycles. The standard InChI is InChI=1S/C15H21ClN2O3S/c1-2-3-7-15(19)17-8-10-18(11-9-17)22(20,21)14-6-4-5-13(16)12-14/h4-6,12H,2-3,7-11H2,1H3. The fourth-order valence-corrected chi connectivity index (χ4v) is 4.16. The summed E-state index contributed by atoms with van der Waals surface area (Å²) in [6.07, 6.45) is 2.40. The van der Waals surface area contributed by atoms with Crippen LogP contribution in [0.5, 0.6) is 0 Å². The number of hydrogen-bond acceptors (Lipinski definition) is 3. The van der Waals surface area contributed by atoms with Gasteiger partial charge in [0.15, 0.2) is 0 Å². The van der Waals surface area contributed by atoms with Gasteiger partial charge in [-0.05, 0) is 24.6 Å². The zero-order valence-corrected chi connectivity index (χ0v) is 14.2. The molecule has 0 N–H and O–H groups in total. The van der Waals surface area contributed by atoms with Gasteiger partial charge in [-0.15, -0.1) is 0 Å². The summed E-state index contributed by atoms with van der Waals surface area (Å²) in [5.41, 5.74) is 0. The van der Waals surface area contributed by atoms with E-state index in [1.807, 2.05) is 6.92 Å².